The summed E-state index contributed by atoms with van der Waals surface area (Å²) in [5.41, 5.74) is 0.576. The van der Waals surface area contributed by atoms with Gasteiger partial charge in [-0.2, -0.15) is 0 Å². The Bertz CT molecular complexity index is 125. The molecule has 2 N–H and O–H groups in total. The predicted octanol–water partition coefficient (Wildman–Crippen LogP) is 0.348. The average molecular weight is 140 g/mol. The third-order valence-electron chi connectivity index (χ3n) is 2.93. The summed E-state index contributed by atoms with van der Waals surface area (Å²) in [6.45, 7) is 2.51. The van der Waals surface area contributed by atoms with Crippen LogP contribution in [0.25, 0.3) is 0 Å². The van der Waals surface area contributed by atoms with Crippen LogP contribution in [-0.4, -0.2) is 25.7 Å². The van der Waals surface area contributed by atoms with E-state index in [9.17, 15) is 0 Å². The number of rotatable bonds is 3. The van der Waals surface area contributed by atoms with Gasteiger partial charge in [-0.05, 0) is 45.3 Å². The minimum Gasteiger partial charge on any atom is -0.316 e. The van der Waals surface area contributed by atoms with Gasteiger partial charge in [0.1, 0.15) is 0 Å². The molecule has 0 aromatic carbocycles. The van der Waals surface area contributed by atoms with Gasteiger partial charge < -0.3 is 10.6 Å². The van der Waals surface area contributed by atoms with Crippen LogP contribution >= 0.6 is 0 Å². The molecule has 2 fully saturated rings. The molecule has 0 atom stereocenters. The Morgan fingerprint density at radius 2 is 2.20 bits per heavy atom. The molecule has 0 amide bonds. The second-order valence-corrected chi connectivity index (χ2v) is 3.76. The second kappa shape index (κ2) is 2.21. The molecule has 2 rings (SSSR count). The zero-order chi connectivity index (χ0) is 7.03. The van der Waals surface area contributed by atoms with Gasteiger partial charge in [0.05, 0.1) is 0 Å². The number of hydrogen-bond acceptors (Lipinski definition) is 2. The van der Waals surface area contributed by atoms with Gasteiger partial charge in [-0.3, -0.25) is 0 Å². The van der Waals surface area contributed by atoms with Crippen LogP contribution in [-0.2, 0) is 0 Å². The van der Waals surface area contributed by atoms with Crippen molar-refractivity contribution in [3.05, 3.63) is 0 Å². The van der Waals surface area contributed by atoms with Crippen molar-refractivity contribution >= 4 is 0 Å². The molecule has 0 aromatic heterocycles. The van der Waals surface area contributed by atoms with Gasteiger partial charge in [0.15, 0.2) is 0 Å². The third kappa shape index (κ3) is 1.06. The molecule has 2 heteroatoms. The van der Waals surface area contributed by atoms with Gasteiger partial charge in [-0.15, -0.1) is 0 Å². The van der Waals surface area contributed by atoms with E-state index in [4.69, 9.17) is 0 Å². The van der Waals surface area contributed by atoms with E-state index >= 15 is 0 Å². The minimum absolute atomic E-state index is 0.576. The standard InChI is InChI=1S/C8H16N2/c1-9-8(2-3-8)4-7-5-10-6-7/h7,9-10H,2-6H2,1H3. The first-order valence-electron chi connectivity index (χ1n) is 4.24. The van der Waals surface area contributed by atoms with Crippen molar-refractivity contribution in [2.24, 2.45) is 5.92 Å². The molecule has 2 aliphatic rings. The van der Waals surface area contributed by atoms with Crippen LogP contribution in [0.5, 0.6) is 0 Å². The summed E-state index contributed by atoms with van der Waals surface area (Å²) in [4.78, 5) is 0. The Balaban J connectivity index is 1.77. The van der Waals surface area contributed by atoms with Crippen molar-refractivity contribution in [1.29, 1.82) is 0 Å². The molecular weight excluding hydrogens is 124 g/mol. The summed E-state index contributed by atoms with van der Waals surface area (Å²) in [5.74, 6) is 0.968. The average Bonchev–Trinajstić information content (AvgIpc) is 2.60. The van der Waals surface area contributed by atoms with E-state index in [0.29, 0.717) is 5.54 Å². The van der Waals surface area contributed by atoms with Crippen LogP contribution in [0, 0.1) is 5.92 Å². The third-order valence-corrected chi connectivity index (χ3v) is 2.93. The van der Waals surface area contributed by atoms with Crippen molar-refractivity contribution in [3.63, 3.8) is 0 Å². The van der Waals surface area contributed by atoms with Crippen LogP contribution in [0.2, 0.25) is 0 Å². The summed E-state index contributed by atoms with van der Waals surface area (Å²) >= 11 is 0. The maximum Gasteiger partial charge on any atom is 0.0183 e. The highest BCUT2D eigenvalue weighted by molar-refractivity contribution is 5.03. The van der Waals surface area contributed by atoms with Crippen molar-refractivity contribution in [3.8, 4) is 0 Å². The van der Waals surface area contributed by atoms with Crippen molar-refractivity contribution < 1.29 is 0 Å². The number of nitrogens with one attached hydrogen (secondary N) is 2. The predicted molar refractivity (Wildman–Crippen MR) is 42.0 cm³/mol. The Morgan fingerprint density at radius 1 is 1.50 bits per heavy atom. The van der Waals surface area contributed by atoms with Crippen molar-refractivity contribution in [2.45, 2.75) is 24.8 Å². The van der Waals surface area contributed by atoms with Crippen molar-refractivity contribution in [1.82, 2.24) is 10.6 Å². The molecule has 1 saturated heterocycles. The van der Waals surface area contributed by atoms with E-state index in [-0.39, 0.29) is 0 Å². The van der Waals surface area contributed by atoms with E-state index in [1.807, 2.05) is 0 Å². The summed E-state index contributed by atoms with van der Waals surface area (Å²) < 4.78 is 0. The van der Waals surface area contributed by atoms with Gasteiger partial charge in [0.25, 0.3) is 0 Å². The molecule has 58 valence electrons. The summed E-state index contributed by atoms with van der Waals surface area (Å²) in [5, 5.41) is 6.73. The highest BCUT2D eigenvalue weighted by Crippen LogP contribution is 2.41. The molecule has 1 aliphatic carbocycles. The van der Waals surface area contributed by atoms with Crippen molar-refractivity contribution in [2.75, 3.05) is 20.1 Å². The van der Waals surface area contributed by atoms with E-state index in [1.54, 1.807) is 0 Å². The molecule has 0 radical (unpaired) electrons. The lowest BCUT2D eigenvalue weighted by atomic mass is 9.93. The van der Waals surface area contributed by atoms with E-state index in [1.165, 1.54) is 32.4 Å². The van der Waals surface area contributed by atoms with E-state index < -0.39 is 0 Å². The maximum atomic E-state index is 3.42. The maximum absolute atomic E-state index is 3.42. The van der Waals surface area contributed by atoms with E-state index in [0.717, 1.165) is 5.92 Å². The Hall–Kier alpha value is -0.0800. The summed E-state index contributed by atoms with van der Waals surface area (Å²) in [7, 11) is 2.10. The highest BCUT2D eigenvalue weighted by Gasteiger charge is 2.43. The lowest BCUT2D eigenvalue weighted by molar-refractivity contribution is 0.283. The zero-order valence-corrected chi connectivity index (χ0v) is 6.61. The molecular formula is C8H16N2. The molecule has 0 spiro atoms. The Kier molecular flexibility index (Phi) is 1.46. The Labute approximate surface area is 62.4 Å². The van der Waals surface area contributed by atoms with Gasteiger partial charge in [-0.1, -0.05) is 0 Å². The van der Waals surface area contributed by atoms with Crippen LogP contribution in [0.1, 0.15) is 19.3 Å². The molecule has 0 aromatic rings. The molecule has 1 heterocycles. The van der Waals surface area contributed by atoms with Crippen LogP contribution in [0.15, 0.2) is 0 Å². The Morgan fingerprint density at radius 3 is 2.50 bits per heavy atom. The van der Waals surface area contributed by atoms with E-state index in [2.05, 4.69) is 17.7 Å². The topological polar surface area (TPSA) is 24.1 Å². The SMILES string of the molecule is CNC1(CC2CNC2)CC1. The van der Waals surface area contributed by atoms with Gasteiger partial charge in [0.2, 0.25) is 0 Å². The summed E-state index contributed by atoms with van der Waals surface area (Å²) in [6.07, 6.45) is 4.20. The zero-order valence-electron chi connectivity index (χ0n) is 6.61. The second-order valence-electron chi connectivity index (χ2n) is 3.76. The smallest absolute Gasteiger partial charge is 0.0183 e. The lowest BCUT2D eigenvalue weighted by Crippen LogP contribution is -2.46. The van der Waals surface area contributed by atoms with Crippen LogP contribution < -0.4 is 10.6 Å². The normalized spacial score (nSPS) is 29.7. The van der Waals surface area contributed by atoms with Gasteiger partial charge in [0, 0.05) is 5.54 Å². The van der Waals surface area contributed by atoms with Gasteiger partial charge in [-0.25, -0.2) is 0 Å². The fraction of sp³-hybridized carbons (Fsp3) is 1.00. The molecule has 2 nitrogen and oxygen atoms in total. The van der Waals surface area contributed by atoms with Crippen LogP contribution in [0.3, 0.4) is 0 Å². The largest absolute Gasteiger partial charge is 0.316 e. The number of hydrogen-bond donors (Lipinski definition) is 2. The first kappa shape index (κ1) is 6.62. The summed E-state index contributed by atoms with van der Waals surface area (Å²) in [6, 6.07) is 0. The molecule has 0 bridgehead atoms. The van der Waals surface area contributed by atoms with Gasteiger partial charge >= 0.3 is 0 Å². The molecule has 1 aliphatic heterocycles. The molecule has 10 heavy (non-hydrogen) atoms. The first-order valence-corrected chi connectivity index (χ1v) is 4.24. The monoisotopic (exact) mass is 140 g/mol. The van der Waals surface area contributed by atoms with Crippen LogP contribution in [0.4, 0.5) is 0 Å². The first-order chi connectivity index (χ1) is 4.85. The molecule has 0 unspecified atom stereocenters. The lowest BCUT2D eigenvalue weighted by Gasteiger charge is -2.30. The molecule has 1 saturated carbocycles. The fourth-order valence-corrected chi connectivity index (χ4v) is 1.75. The minimum atomic E-state index is 0.576. The quantitative estimate of drug-likeness (QED) is 0.591. The highest BCUT2D eigenvalue weighted by atomic mass is 15.0. The fourth-order valence-electron chi connectivity index (χ4n) is 1.75.